The molecular weight excluding hydrogens is 809 g/mol. The summed E-state index contributed by atoms with van der Waals surface area (Å²) in [6.45, 7) is 0. The largest absolute Gasteiger partial charge is 0.455 e. The Morgan fingerprint density at radius 2 is 0.708 bits per heavy atom. The van der Waals surface area contributed by atoms with E-state index in [0.717, 1.165) is 77.3 Å². The van der Waals surface area contributed by atoms with Crippen molar-refractivity contribution in [1.29, 1.82) is 0 Å². The number of hydrogen-bond donors (Lipinski definition) is 0. The zero-order valence-corrected chi connectivity index (χ0v) is 35.7. The number of thiophene rings is 1. The summed E-state index contributed by atoms with van der Waals surface area (Å²) in [5.74, 6) is 0. The van der Waals surface area contributed by atoms with Crippen molar-refractivity contribution < 1.29 is 8.83 Å². The maximum atomic E-state index is 6.66. The van der Waals surface area contributed by atoms with Crippen LogP contribution in [0.3, 0.4) is 0 Å². The minimum atomic E-state index is 0.890. The number of rotatable bonds is 3. The molecule has 0 unspecified atom stereocenters. The lowest BCUT2D eigenvalue weighted by molar-refractivity contribution is 0.670. The Morgan fingerprint density at radius 1 is 0.262 bits per heavy atom. The van der Waals surface area contributed by atoms with E-state index in [1.54, 1.807) is 0 Å². The van der Waals surface area contributed by atoms with E-state index >= 15 is 0 Å². The average Bonchev–Trinajstić information content (AvgIpc) is 4.07. The predicted octanol–water partition coefficient (Wildman–Crippen LogP) is 18.6. The van der Waals surface area contributed by atoms with E-state index in [2.05, 4.69) is 194 Å². The van der Waals surface area contributed by atoms with E-state index < -0.39 is 0 Å². The molecule has 0 radical (unpaired) electrons. The highest BCUT2D eigenvalue weighted by Gasteiger charge is 2.20. The minimum absolute atomic E-state index is 0.890. The van der Waals surface area contributed by atoms with Gasteiger partial charge in [-0.25, -0.2) is 0 Å². The van der Waals surface area contributed by atoms with Gasteiger partial charge in [0.2, 0.25) is 0 Å². The molecule has 0 aliphatic rings. The fourth-order valence-corrected chi connectivity index (χ4v) is 12.4. The van der Waals surface area contributed by atoms with Gasteiger partial charge in [-0.15, -0.1) is 11.3 Å². The van der Waals surface area contributed by atoms with Crippen LogP contribution in [0.15, 0.2) is 215 Å². The van der Waals surface area contributed by atoms with Gasteiger partial charge in [0.25, 0.3) is 0 Å². The van der Waals surface area contributed by atoms with Crippen LogP contribution < -0.4 is 0 Å². The molecular formula is C62H34O2S. The van der Waals surface area contributed by atoms with Gasteiger partial charge in [-0.05, 0) is 119 Å². The lowest BCUT2D eigenvalue weighted by Gasteiger charge is -2.15. The zero-order chi connectivity index (χ0) is 42.3. The SMILES string of the molecule is c1ccc2c(c1)oc1c(-c3cc(-c4ccc5c(c4)c4ccccc4c4cc6sc7c8ccccc8c8ccccc8c7c6cc54)cc(-c4cccc5c4oc4ccccc45)c3)cccc12. The van der Waals surface area contributed by atoms with Crippen molar-refractivity contribution in [1.82, 2.24) is 0 Å². The number of benzene rings is 12. The molecule has 0 saturated carbocycles. The van der Waals surface area contributed by atoms with E-state index in [1.807, 2.05) is 23.5 Å². The van der Waals surface area contributed by atoms with Crippen molar-refractivity contribution in [3.05, 3.63) is 206 Å². The number of fused-ring (bicyclic) bond motifs is 20. The molecule has 0 bridgehead atoms. The smallest absolute Gasteiger partial charge is 0.143 e. The first-order chi connectivity index (χ1) is 32.2. The molecule has 15 aromatic rings. The molecule has 0 N–H and O–H groups in total. The van der Waals surface area contributed by atoms with Gasteiger partial charge in [-0.2, -0.15) is 0 Å². The number of para-hydroxylation sites is 4. The van der Waals surface area contributed by atoms with E-state index in [0.29, 0.717) is 0 Å². The van der Waals surface area contributed by atoms with Crippen LogP contribution in [0.25, 0.3) is 151 Å². The van der Waals surface area contributed by atoms with Crippen molar-refractivity contribution in [2.75, 3.05) is 0 Å². The molecule has 2 nitrogen and oxygen atoms in total. The van der Waals surface area contributed by atoms with Crippen LogP contribution in [0.4, 0.5) is 0 Å². The van der Waals surface area contributed by atoms with Gasteiger partial charge in [0.05, 0.1) is 0 Å². The van der Waals surface area contributed by atoms with Crippen LogP contribution >= 0.6 is 11.3 Å². The monoisotopic (exact) mass is 842 g/mol. The standard InChI is InChI=1S/C62H34O2S/c1-2-16-44-43(15-1)52-32-35(27-28-45(52)53-33-55-58(34-54(44)53)65-62-51-20-6-4-14-42(51)41-13-3-5-19-48(41)59(55)62)36-29-37(39-21-11-23-49-46-17-7-9-25-56(46)63-60(39)49)31-38(30-36)40-22-12-24-50-47-18-8-10-26-57(47)64-61(40)50/h1-34H. The van der Waals surface area contributed by atoms with Crippen molar-refractivity contribution in [2.24, 2.45) is 0 Å². The van der Waals surface area contributed by atoms with Crippen molar-refractivity contribution in [3.63, 3.8) is 0 Å². The van der Waals surface area contributed by atoms with E-state index in [1.165, 1.54) is 74.0 Å². The van der Waals surface area contributed by atoms with Gasteiger partial charge in [0.15, 0.2) is 0 Å². The average molecular weight is 843 g/mol. The van der Waals surface area contributed by atoms with E-state index in [-0.39, 0.29) is 0 Å². The van der Waals surface area contributed by atoms with Crippen molar-refractivity contribution in [3.8, 4) is 33.4 Å². The summed E-state index contributed by atoms with van der Waals surface area (Å²) in [5, 5.41) is 20.0. The first-order valence-corrected chi connectivity index (χ1v) is 23.0. The Kier molecular flexibility index (Phi) is 7.13. The van der Waals surface area contributed by atoms with E-state index in [9.17, 15) is 0 Å². The maximum absolute atomic E-state index is 6.66. The summed E-state index contributed by atoms with van der Waals surface area (Å²) in [6, 6.07) is 75.5. The van der Waals surface area contributed by atoms with Crippen LogP contribution in [0.1, 0.15) is 0 Å². The molecule has 0 spiro atoms. The predicted molar refractivity (Wildman–Crippen MR) is 278 cm³/mol. The lowest BCUT2D eigenvalue weighted by atomic mass is 9.89. The second-order valence-corrected chi connectivity index (χ2v) is 18.5. The molecule has 3 heterocycles. The van der Waals surface area contributed by atoms with Crippen LogP contribution in [-0.4, -0.2) is 0 Å². The summed E-state index contributed by atoms with van der Waals surface area (Å²) in [6.07, 6.45) is 0. The lowest BCUT2D eigenvalue weighted by Crippen LogP contribution is -1.89. The molecule has 0 aliphatic carbocycles. The second-order valence-electron chi connectivity index (χ2n) is 17.5. The Bertz CT molecular complexity index is 4410. The Balaban J connectivity index is 1.01. The van der Waals surface area contributed by atoms with Gasteiger partial charge < -0.3 is 8.83 Å². The minimum Gasteiger partial charge on any atom is -0.455 e. The van der Waals surface area contributed by atoms with Gasteiger partial charge in [0.1, 0.15) is 22.3 Å². The van der Waals surface area contributed by atoms with Gasteiger partial charge in [-0.1, -0.05) is 158 Å². The van der Waals surface area contributed by atoms with Crippen LogP contribution in [-0.2, 0) is 0 Å². The molecule has 3 aromatic heterocycles. The second kappa shape index (κ2) is 13.2. The molecule has 0 amide bonds. The van der Waals surface area contributed by atoms with E-state index in [4.69, 9.17) is 8.83 Å². The van der Waals surface area contributed by atoms with Gasteiger partial charge >= 0.3 is 0 Å². The Hall–Kier alpha value is -8.24. The van der Waals surface area contributed by atoms with Gasteiger partial charge in [-0.3, -0.25) is 0 Å². The van der Waals surface area contributed by atoms with Crippen LogP contribution in [0.5, 0.6) is 0 Å². The summed E-state index contributed by atoms with van der Waals surface area (Å²) in [4.78, 5) is 0. The molecule has 0 atom stereocenters. The highest BCUT2D eigenvalue weighted by atomic mass is 32.1. The fourth-order valence-electron chi connectivity index (χ4n) is 11.1. The highest BCUT2D eigenvalue weighted by molar-refractivity contribution is 7.27. The summed E-state index contributed by atoms with van der Waals surface area (Å²) < 4.78 is 16.0. The quantitative estimate of drug-likeness (QED) is 0.166. The van der Waals surface area contributed by atoms with Gasteiger partial charge in [0, 0.05) is 58.2 Å². The molecule has 0 saturated heterocycles. The maximum Gasteiger partial charge on any atom is 0.143 e. The summed E-state index contributed by atoms with van der Waals surface area (Å²) in [5.41, 5.74) is 10.1. The molecule has 65 heavy (non-hydrogen) atoms. The third kappa shape index (κ3) is 4.99. The van der Waals surface area contributed by atoms with Crippen molar-refractivity contribution in [2.45, 2.75) is 0 Å². The normalized spacial score (nSPS) is 12.3. The first-order valence-electron chi connectivity index (χ1n) is 22.2. The summed E-state index contributed by atoms with van der Waals surface area (Å²) >= 11 is 1.92. The number of hydrogen-bond acceptors (Lipinski definition) is 3. The Morgan fingerprint density at radius 3 is 1.32 bits per heavy atom. The fraction of sp³-hybridized carbons (Fsp3) is 0. The topological polar surface area (TPSA) is 26.3 Å². The Labute approximate surface area is 375 Å². The highest BCUT2D eigenvalue weighted by Crippen LogP contribution is 2.48. The molecule has 3 heteroatoms. The third-order valence-corrected chi connectivity index (χ3v) is 15.2. The molecule has 15 rings (SSSR count). The molecule has 0 aliphatic heterocycles. The first kappa shape index (κ1) is 35.2. The van der Waals surface area contributed by atoms with Crippen LogP contribution in [0.2, 0.25) is 0 Å². The van der Waals surface area contributed by atoms with Crippen LogP contribution in [0, 0.1) is 0 Å². The molecule has 12 aromatic carbocycles. The molecule has 0 fully saturated rings. The number of furan rings is 2. The van der Waals surface area contributed by atoms with Crippen molar-refractivity contribution >= 4 is 129 Å². The zero-order valence-electron chi connectivity index (χ0n) is 34.9. The molecule has 300 valence electrons. The summed E-state index contributed by atoms with van der Waals surface area (Å²) in [7, 11) is 0. The third-order valence-electron chi connectivity index (χ3n) is 14.0.